The lowest BCUT2D eigenvalue weighted by atomic mass is 9.90. The zero-order chi connectivity index (χ0) is 45.8. The third kappa shape index (κ3) is 7.64. The third-order valence-corrected chi connectivity index (χ3v) is 13.1. The minimum atomic E-state index is -0.101. The summed E-state index contributed by atoms with van der Waals surface area (Å²) in [5.41, 5.74) is 16.2. The molecule has 68 heavy (non-hydrogen) atoms. The molecule has 0 aliphatic rings. The summed E-state index contributed by atoms with van der Waals surface area (Å²) in [7, 11) is 0. The van der Waals surface area contributed by atoms with Crippen molar-refractivity contribution in [2.45, 2.75) is 26.2 Å². The highest BCUT2D eigenvalue weighted by atomic mass is 14.9. The Balaban J connectivity index is 0.906. The second-order valence-electron chi connectivity index (χ2n) is 18.6. The molecule has 0 N–H and O–H groups in total. The van der Waals surface area contributed by atoms with Gasteiger partial charge in [-0.25, -0.2) is 19.9 Å². The number of benzene rings is 8. The third-order valence-electron chi connectivity index (χ3n) is 13.1. The van der Waals surface area contributed by atoms with Gasteiger partial charge in [0.05, 0.1) is 28.1 Å². The summed E-state index contributed by atoms with van der Waals surface area (Å²) in [5.74, 6) is 0.682. The van der Waals surface area contributed by atoms with E-state index in [9.17, 15) is 0 Å². The van der Waals surface area contributed by atoms with Crippen LogP contribution in [0, 0.1) is 0 Å². The van der Waals surface area contributed by atoms with Gasteiger partial charge >= 0.3 is 0 Å². The molecule has 0 aliphatic heterocycles. The monoisotopic (exact) mass is 871 g/mol. The number of pyridine rings is 3. The normalized spacial score (nSPS) is 11.8. The van der Waals surface area contributed by atoms with Crippen LogP contribution in [0.4, 0.5) is 0 Å². The number of nitrogens with zero attached hydrogens (tertiary/aromatic N) is 5. The maximum Gasteiger partial charge on any atom is 0.160 e. The topological polar surface area (TPSA) is 64.5 Å². The molecule has 4 aromatic heterocycles. The van der Waals surface area contributed by atoms with Crippen LogP contribution >= 0.6 is 0 Å². The van der Waals surface area contributed by atoms with Gasteiger partial charge in [0.2, 0.25) is 0 Å². The number of hydrogen-bond donors (Lipinski definition) is 0. The first-order chi connectivity index (χ1) is 33.3. The highest BCUT2D eigenvalue weighted by molar-refractivity contribution is 6.10. The van der Waals surface area contributed by atoms with Gasteiger partial charge in [-0.1, -0.05) is 191 Å². The van der Waals surface area contributed by atoms with Gasteiger partial charge < -0.3 is 0 Å². The quantitative estimate of drug-likeness (QED) is 0.149. The van der Waals surface area contributed by atoms with E-state index in [1.54, 1.807) is 0 Å². The molecule has 0 bridgehead atoms. The van der Waals surface area contributed by atoms with Crippen molar-refractivity contribution < 1.29 is 0 Å². The van der Waals surface area contributed by atoms with Crippen molar-refractivity contribution in [3.8, 4) is 78.5 Å². The summed E-state index contributed by atoms with van der Waals surface area (Å²) in [6, 6.07) is 73.0. The van der Waals surface area contributed by atoms with E-state index in [-0.39, 0.29) is 5.41 Å². The van der Waals surface area contributed by atoms with Crippen LogP contribution in [0.1, 0.15) is 26.5 Å². The fraction of sp³-hybridized carbons (Fsp3) is 0.0635. The Morgan fingerprint density at radius 1 is 0.324 bits per heavy atom. The predicted molar refractivity (Wildman–Crippen MR) is 282 cm³/mol. The maximum atomic E-state index is 5.41. The molecule has 0 saturated heterocycles. The molecule has 0 unspecified atom stereocenters. The number of rotatable bonds is 7. The van der Waals surface area contributed by atoms with E-state index in [1.165, 1.54) is 10.8 Å². The maximum absolute atomic E-state index is 5.41. The van der Waals surface area contributed by atoms with Gasteiger partial charge in [-0.05, 0) is 85.9 Å². The zero-order valence-electron chi connectivity index (χ0n) is 38.0. The summed E-state index contributed by atoms with van der Waals surface area (Å²) >= 11 is 0. The van der Waals surface area contributed by atoms with Crippen LogP contribution in [0.5, 0.6) is 0 Å². The van der Waals surface area contributed by atoms with Gasteiger partial charge in [-0.15, -0.1) is 0 Å². The molecule has 322 valence electrons. The first kappa shape index (κ1) is 40.8. The average Bonchev–Trinajstić information content (AvgIpc) is 3.40. The largest absolute Gasteiger partial charge is 0.264 e. The van der Waals surface area contributed by atoms with Gasteiger partial charge in [0.1, 0.15) is 0 Å². The van der Waals surface area contributed by atoms with E-state index < -0.39 is 0 Å². The van der Waals surface area contributed by atoms with Gasteiger partial charge in [-0.2, -0.15) is 0 Å². The number of fused-ring (bicyclic) bond motifs is 5. The van der Waals surface area contributed by atoms with Crippen LogP contribution in [0.15, 0.2) is 219 Å². The second kappa shape index (κ2) is 16.6. The van der Waals surface area contributed by atoms with E-state index in [4.69, 9.17) is 19.9 Å². The Kier molecular flexibility index (Phi) is 9.99. The van der Waals surface area contributed by atoms with Crippen LogP contribution in [-0.2, 0) is 5.41 Å². The summed E-state index contributed by atoms with van der Waals surface area (Å²) in [6.45, 7) is 6.63. The Bertz CT molecular complexity index is 3870. The Hall–Kier alpha value is -8.67. The minimum Gasteiger partial charge on any atom is -0.264 e. The second-order valence-corrected chi connectivity index (χ2v) is 18.6. The summed E-state index contributed by atoms with van der Waals surface area (Å²) in [5, 5.41) is 6.87. The lowest BCUT2D eigenvalue weighted by Gasteiger charge is -2.19. The van der Waals surface area contributed by atoms with E-state index in [0.29, 0.717) is 5.82 Å². The number of hydrogen-bond acceptors (Lipinski definition) is 5. The number of aromatic nitrogens is 5. The fourth-order valence-corrected chi connectivity index (χ4v) is 9.37. The molecule has 8 aromatic carbocycles. The summed E-state index contributed by atoms with van der Waals surface area (Å²) < 4.78 is 0. The molecule has 12 aromatic rings. The van der Waals surface area contributed by atoms with Crippen molar-refractivity contribution in [2.75, 3.05) is 0 Å². The van der Waals surface area contributed by atoms with Gasteiger partial charge in [0.25, 0.3) is 0 Å². The van der Waals surface area contributed by atoms with E-state index in [2.05, 4.69) is 214 Å². The SMILES string of the molecule is CC(C)(C)c1ccc2ccc3c(-c4ccc5ccccc5c4)cc(-c4ccc(-c5ccc(-c6cc(-c7cccc(-c8cccc9ccncc89)c7)nc(-c7ccccc7)n6)cc5)cc4)nc3c2n1. The molecule has 0 radical (unpaired) electrons. The molecular formula is C63H45N5. The van der Waals surface area contributed by atoms with Gasteiger partial charge in [0, 0.05) is 61.9 Å². The molecule has 0 saturated carbocycles. The molecule has 4 heterocycles. The van der Waals surface area contributed by atoms with E-state index in [1.807, 2.05) is 30.6 Å². The minimum absolute atomic E-state index is 0.101. The smallest absolute Gasteiger partial charge is 0.160 e. The van der Waals surface area contributed by atoms with Crippen LogP contribution in [0.2, 0.25) is 0 Å². The Labute approximate surface area is 395 Å². The van der Waals surface area contributed by atoms with Crippen molar-refractivity contribution in [1.29, 1.82) is 0 Å². The Morgan fingerprint density at radius 2 is 0.912 bits per heavy atom. The molecule has 5 nitrogen and oxygen atoms in total. The zero-order valence-corrected chi connectivity index (χ0v) is 38.0. The highest BCUT2D eigenvalue weighted by Gasteiger charge is 2.19. The van der Waals surface area contributed by atoms with Crippen molar-refractivity contribution in [3.05, 3.63) is 224 Å². The van der Waals surface area contributed by atoms with E-state index in [0.717, 1.165) is 111 Å². The van der Waals surface area contributed by atoms with Gasteiger partial charge in [0.15, 0.2) is 5.82 Å². The molecule has 12 rings (SSSR count). The lowest BCUT2D eigenvalue weighted by molar-refractivity contribution is 0.571. The average molecular weight is 872 g/mol. The predicted octanol–water partition coefficient (Wildman–Crippen LogP) is 16.2. The first-order valence-electron chi connectivity index (χ1n) is 23.1. The van der Waals surface area contributed by atoms with Crippen molar-refractivity contribution in [1.82, 2.24) is 24.9 Å². The van der Waals surface area contributed by atoms with Crippen molar-refractivity contribution in [3.63, 3.8) is 0 Å². The molecule has 0 amide bonds. The van der Waals surface area contributed by atoms with Crippen LogP contribution in [0.3, 0.4) is 0 Å². The fourth-order valence-electron chi connectivity index (χ4n) is 9.37. The van der Waals surface area contributed by atoms with Crippen LogP contribution in [0.25, 0.3) is 122 Å². The standard InChI is InChI=1S/C63H45N5/c1-63(2,3)59-32-30-46-29-31-53-54(50-28-23-40-11-7-8-14-48(40)35-50)37-56(65-61(53)60(46)68-59)44-24-19-41(20-25-44)42-21-26-45(27-22-42)57-38-58(67-62(66-57)47-12-5-4-6-13-47)51-17-9-16-49(36-51)52-18-10-15-43-33-34-64-39-55(43)52/h4-39H,1-3H3. The van der Waals surface area contributed by atoms with Crippen molar-refractivity contribution >= 4 is 43.4 Å². The van der Waals surface area contributed by atoms with Crippen molar-refractivity contribution in [2.24, 2.45) is 0 Å². The highest BCUT2D eigenvalue weighted by Crippen LogP contribution is 2.39. The molecule has 0 fully saturated rings. The van der Waals surface area contributed by atoms with Crippen LogP contribution in [-0.4, -0.2) is 24.9 Å². The summed E-state index contributed by atoms with van der Waals surface area (Å²) in [4.78, 5) is 25.4. The molecule has 0 aliphatic carbocycles. The molecule has 0 atom stereocenters. The lowest BCUT2D eigenvalue weighted by Crippen LogP contribution is -2.13. The van der Waals surface area contributed by atoms with Gasteiger partial charge in [-0.3, -0.25) is 4.98 Å². The molecule has 0 spiro atoms. The Morgan fingerprint density at radius 3 is 1.68 bits per heavy atom. The molecular weight excluding hydrogens is 827 g/mol. The van der Waals surface area contributed by atoms with E-state index >= 15 is 0 Å². The molecule has 5 heteroatoms. The summed E-state index contributed by atoms with van der Waals surface area (Å²) in [6.07, 6.45) is 3.78. The van der Waals surface area contributed by atoms with Crippen LogP contribution < -0.4 is 0 Å². The first-order valence-corrected chi connectivity index (χ1v) is 23.1.